The van der Waals surface area contributed by atoms with Gasteiger partial charge in [0.25, 0.3) is 0 Å². The molecule has 24 heavy (non-hydrogen) atoms. The Balaban J connectivity index is 1.63. The molecule has 1 aromatic carbocycles. The highest BCUT2D eigenvalue weighted by molar-refractivity contribution is 7.07. The predicted octanol–water partition coefficient (Wildman–Crippen LogP) is 2.52. The number of aromatic nitrogens is 1. The number of halogens is 1. The minimum absolute atomic E-state index is 0.0562. The van der Waals surface area contributed by atoms with Crippen molar-refractivity contribution in [3.05, 3.63) is 52.2 Å². The molecule has 0 N–H and O–H groups in total. The van der Waals surface area contributed by atoms with Gasteiger partial charge in [-0.05, 0) is 18.2 Å². The van der Waals surface area contributed by atoms with Crippen molar-refractivity contribution in [1.29, 1.82) is 5.26 Å². The fourth-order valence-corrected chi connectivity index (χ4v) is 3.14. The van der Waals surface area contributed by atoms with Crippen LogP contribution in [-0.4, -0.2) is 42.0 Å². The van der Waals surface area contributed by atoms with Crippen LogP contribution in [0.3, 0.4) is 0 Å². The monoisotopic (exact) mass is 342 g/mol. The van der Waals surface area contributed by atoms with Gasteiger partial charge in [0.2, 0.25) is 5.91 Å². The van der Waals surface area contributed by atoms with E-state index >= 15 is 0 Å². The number of carbonyl (C=O) groups is 1. The number of rotatable bonds is 3. The third-order valence-corrected chi connectivity index (χ3v) is 4.49. The van der Waals surface area contributed by atoms with Gasteiger partial charge in [-0.25, -0.2) is 9.37 Å². The van der Waals surface area contributed by atoms with Gasteiger partial charge in [0.1, 0.15) is 17.4 Å². The van der Waals surface area contributed by atoms with Crippen LogP contribution >= 0.6 is 11.3 Å². The Hall–Kier alpha value is -2.72. The summed E-state index contributed by atoms with van der Waals surface area (Å²) in [5.41, 5.74) is 3.13. The average molecular weight is 342 g/mol. The minimum Gasteiger partial charge on any atom is -0.367 e. The second kappa shape index (κ2) is 7.23. The van der Waals surface area contributed by atoms with Gasteiger partial charge in [-0.15, -0.1) is 11.3 Å². The molecule has 0 radical (unpaired) electrons. The predicted molar refractivity (Wildman–Crippen MR) is 91.1 cm³/mol. The molecule has 1 fully saturated rings. The van der Waals surface area contributed by atoms with E-state index in [-0.39, 0.29) is 11.5 Å². The molecule has 1 aliphatic rings. The summed E-state index contributed by atoms with van der Waals surface area (Å²) in [5.74, 6) is -0.581. The van der Waals surface area contributed by atoms with E-state index in [0.717, 1.165) is 5.69 Å². The molecule has 0 bridgehead atoms. The van der Waals surface area contributed by atoms with Gasteiger partial charge < -0.3 is 9.80 Å². The van der Waals surface area contributed by atoms with Gasteiger partial charge in [-0.2, -0.15) is 5.26 Å². The van der Waals surface area contributed by atoms with Crippen LogP contribution in [0.25, 0.3) is 6.08 Å². The van der Waals surface area contributed by atoms with Crippen molar-refractivity contribution in [2.75, 3.05) is 31.1 Å². The summed E-state index contributed by atoms with van der Waals surface area (Å²) in [4.78, 5) is 20.0. The van der Waals surface area contributed by atoms with Crippen LogP contribution in [0, 0.1) is 17.1 Å². The van der Waals surface area contributed by atoms with E-state index in [4.69, 9.17) is 5.26 Å². The summed E-state index contributed by atoms with van der Waals surface area (Å²) in [6, 6.07) is 6.53. The second-order valence-corrected chi connectivity index (χ2v) is 6.02. The molecule has 0 aliphatic carbocycles. The van der Waals surface area contributed by atoms with Crippen LogP contribution in [0.4, 0.5) is 10.1 Å². The first-order valence-electron chi connectivity index (χ1n) is 7.48. The van der Waals surface area contributed by atoms with Crippen molar-refractivity contribution in [2.24, 2.45) is 0 Å². The highest BCUT2D eigenvalue weighted by Crippen LogP contribution is 2.23. The number of nitrogens with zero attached hydrogens (tertiary/aromatic N) is 4. The Morgan fingerprint density at radius 3 is 2.79 bits per heavy atom. The number of piperazine rings is 1. The first kappa shape index (κ1) is 16.1. The number of amides is 1. The summed E-state index contributed by atoms with van der Waals surface area (Å²) in [6.45, 7) is 2.19. The Kier molecular flexibility index (Phi) is 4.87. The van der Waals surface area contributed by atoms with E-state index in [2.05, 4.69) is 4.98 Å². The van der Waals surface area contributed by atoms with Crippen LogP contribution in [0.5, 0.6) is 0 Å². The van der Waals surface area contributed by atoms with Crippen molar-refractivity contribution in [1.82, 2.24) is 9.88 Å². The maximum absolute atomic E-state index is 13.7. The van der Waals surface area contributed by atoms with Gasteiger partial charge in [0.05, 0.1) is 16.9 Å². The van der Waals surface area contributed by atoms with Gasteiger partial charge in [-0.1, -0.05) is 6.07 Å². The Labute approximate surface area is 143 Å². The largest absolute Gasteiger partial charge is 0.367 e. The van der Waals surface area contributed by atoms with Crippen LogP contribution in [0.1, 0.15) is 11.3 Å². The molecule has 1 saturated heterocycles. The molecule has 5 nitrogen and oxygen atoms in total. The van der Waals surface area contributed by atoms with E-state index in [1.165, 1.54) is 23.5 Å². The Bertz CT molecular complexity index is 789. The van der Waals surface area contributed by atoms with Crippen molar-refractivity contribution in [2.45, 2.75) is 0 Å². The summed E-state index contributed by atoms with van der Waals surface area (Å²) >= 11 is 1.48. The summed E-state index contributed by atoms with van der Waals surface area (Å²) < 4.78 is 13.7. The number of thiazole rings is 1. The Morgan fingerprint density at radius 1 is 1.33 bits per heavy atom. The molecule has 3 rings (SSSR count). The van der Waals surface area contributed by atoms with Crippen LogP contribution in [0.15, 0.2) is 35.2 Å². The zero-order chi connectivity index (χ0) is 16.9. The normalized spacial score (nSPS) is 14.8. The molecule has 7 heteroatoms. The van der Waals surface area contributed by atoms with Crippen LogP contribution in [-0.2, 0) is 4.79 Å². The average Bonchev–Trinajstić information content (AvgIpc) is 3.13. The fourth-order valence-electron chi connectivity index (χ4n) is 2.62. The molecule has 1 aliphatic heterocycles. The number of carbonyl (C=O) groups excluding carboxylic acids is 1. The minimum atomic E-state index is -0.514. The number of nitriles is 1. The molecule has 0 unspecified atom stereocenters. The summed E-state index contributed by atoms with van der Waals surface area (Å²) in [5, 5.41) is 11.0. The first-order chi connectivity index (χ1) is 11.7. The maximum atomic E-state index is 13.7. The lowest BCUT2D eigenvalue weighted by Crippen LogP contribution is -2.48. The molecular weight excluding hydrogens is 327 g/mol. The first-order valence-corrected chi connectivity index (χ1v) is 8.42. The summed E-state index contributed by atoms with van der Waals surface area (Å²) in [6.07, 6.45) is 3.22. The topological polar surface area (TPSA) is 60.2 Å². The zero-order valence-corrected chi connectivity index (χ0v) is 13.7. The highest BCUT2D eigenvalue weighted by Gasteiger charge is 2.22. The molecule has 1 aromatic heterocycles. The van der Waals surface area contributed by atoms with Gasteiger partial charge in [0.15, 0.2) is 0 Å². The van der Waals surface area contributed by atoms with E-state index in [1.807, 2.05) is 16.3 Å². The van der Waals surface area contributed by atoms with Crippen molar-refractivity contribution in [3.8, 4) is 6.07 Å². The van der Waals surface area contributed by atoms with Crippen LogP contribution < -0.4 is 4.90 Å². The maximum Gasteiger partial charge on any atom is 0.246 e. The quantitative estimate of drug-likeness (QED) is 0.804. The Morgan fingerprint density at radius 2 is 2.12 bits per heavy atom. The lowest BCUT2D eigenvalue weighted by molar-refractivity contribution is -0.126. The molecule has 0 saturated carbocycles. The number of anilines is 1. The molecule has 122 valence electrons. The smallest absolute Gasteiger partial charge is 0.246 e. The van der Waals surface area contributed by atoms with Gasteiger partial charge in [-0.3, -0.25) is 4.79 Å². The molecule has 2 aromatic rings. The molecule has 0 spiro atoms. The SMILES string of the molecule is N#Cc1c(F)cccc1N1CCN(C(=O)/C=C/c2cscn2)CC1. The number of benzene rings is 1. The molecular formula is C17H15FN4OS. The van der Waals surface area contributed by atoms with Gasteiger partial charge >= 0.3 is 0 Å². The molecule has 2 heterocycles. The van der Waals surface area contributed by atoms with Crippen molar-refractivity contribution in [3.63, 3.8) is 0 Å². The van der Waals surface area contributed by atoms with Crippen molar-refractivity contribution >= 4 is 29.0 Å². The summed E-state index contributed by atoms with van der Waals surface area (Å²) in [7, 11) is 0. The second-order valence-electron chi connectivity index (χ2n) is 5.30. The third-order valence-electron chi connectivity index (χ3n) is 3.88. The zero-order valence-electron chi connectivity index (χ0n) is 12.9. The highest BCUT2D eigenvalue weighted by atomic mass is 32.1. The third kappa shape index (κ3) is 3.44. The van der Waals surface area contributed by atoms with E-state index < -0.39 is 5.82 Å². The lowest BCUT2D eigenvalue weighted by atomic mass is 10.1. The van der Waals surface area contributed by atoms with Crippen LogP contribution in [0.2, 0.25) is 0 Å². The van der Waals surface area contributed by atoms with Gasteiger partial charge in [0, 0.05) is 37.6 Å². The number of hydrogen-bond acceptors (Lipinski definition) is 5. The number of hydrogen-bond donors (Lipinski definition) is 0. The van der Waals surface area contributed by atoms with E-state index in [1.54, 1.807) is 28.6 Å². The van der Waals surface area contributed by atoms with E-state index in [0.29, 0.717) is 31.9 Å². The standard InChI is InChI=1S/C17H15FN4OS/c18-15-2-1-3-16(14(15)10-19)21-6-8-22(9-7-21)17(23)5-4-13-11-24-12-20-13/h1-5,11-12H,6-9H2/b5-4+. The van der Waals surface area contributed by atoms with E-state index in [9.17, 15) is 9.18 Å². The lowest BCUT2D eigenvalue weighted by Gasteiger charge is -2.36. The molecule has 1 amide bonds. The fraction of sp³-hybridized carbons (Fsp3) is 0.235. The van der Waals surface area contributed by atoms with Crippen molar-refractivity contribution < 1.29 is 9.18 Å². The molecule has 0 atom stereocenters.